The predicted octanol–water partition coefficient (Wildman–Crippen LogP) is 2.03. The van der Waals surface area contributed by atoms with Crippen molar-refractivity contribution in [3.63, 3.8) is 0 Å². The van der Waals surface area contributed by atoms with Crippen LogP contribution in [0, 0.1) is 0 Å². The van der Waals surface area contributed by atoms with Gasteiger partial charge < -0.3 is 5.73 Å². The summed E-state index contributed by atoms with van der Waals surface area (Å²) in [4.78, 5) is 9.69. The van der Waals surface area contributed by atoms with E-state index in [0.717, 1.165) is 5.69 Å². The van der Waals surface area contributed by atoms with Crippen LogP contribution >= 0.6 is 0 Å². The summed E-state index contributed by atoms with van der Waals surface area (Å²) < 4.78 is 0. The van der Waals surface area contributed by atoms with Crippen LogP contribution in [-0.4, -0.2) is 5.78 Å². The minimum absolute atomic E-state index is 0.0185. The van der Waals surface area contributed by atoms with Gasteiger partial charge in [-0.2, -0.15) is 0 Å². The van der Waals surface area contributed by atoms with Crippen LogP contribution in [0.5, 0.6) is 0 Å². The normalized spacial score (nSPS) is 7.75. The molecule has 0 atom stereocenters. The summed E-state index contributed by atoms with van der Waals surface area (Å²) in [6.07, 6.45) is 1.28. The van der Waals surface area contributed by atoms with Gasteiger partial charge in [-0.25, -0.2) is 0 Å². The first-order chi connectivity index (χ1) is 5.66. The second-order valence-electron chi connectivity index (χ2n) is 2.23. The molecule has 2 N–H and O–H groups in total. The van der Waals surface area contributed by atoms with E-state index in [4.69, 9.17) is 5.73 Å². The van der Waals surface area contributed by atoms with Crippen molar-refractivity contribution < 1.29 is 4.79 Å². The molecule has 2 heteroatoms. The molecular formula is C10H13NO. The van der Waals surface area contributed by atoms with Gasteiger partial charge >= 0.3 is 0 Å². The van der Waals surface area contributed by atoms with Crippen molar-refractivity contribution >= 4 is 11.5 Å². The average Bonchev–Trinajstić information content (AvgIpc) is 2.07. The van der Waals surface area contributed by atoms with Gasteiger partial charge in [0, 0.05) is 5.69 Å². The predicted molar refractivity (Wildman–Crippen MR) is 51.7 cm³/mol. The number of rotatable bonds is 1. The summed E-state index contributed by atoms with van der Waals surface area (Å²) >= 11 is 0. The topological polar surface area (TPSA) is 43.1 Å². The van der Waals surface area contributed by atoms with Crippen molar-refractivity contribution in [3.8, 4) is 0 Å². The van der Waals surface area contributed by atoms with Gasteiger partial charge in [0.25, 0.3) is 0 Å². The Morgan fingerprint density at radius 2 is 1.83 bits per heavy atom. The summed E-state index contributed by atoms with van der Waals surface area (Å²) in [7, 11) is 0. The van der Waals surface area contributed by atoms with E-state index in [1.54, 1.807) is 0 Å². The van der Waals surface area contributed by atoms with E-state index in [2.05, 4.69) is 6.58 Å². The first-order valence-electron chi connectivity index (χ1n) is 3.60. The molecule has 1 aromatic rings. The van der Waals surface area contributed by atoms with Gasteiger partial charge in [-0.3, -0.25) is 4.79 Å². The van der Waals surface area contributed by atoms with Crippen LogP contribution in [0.2, 0.25) is 0 Å². The highest BCUT2D eigenvalue weighted by Gasteiger charge is 1.72. The number of benzene rings is 1. The Hall–Kier alpha value is -1.57. The Bertz CT molecular complexity index is 241. The Morgan fingerprint density at radius 3 is 2.00 bits per heavy atom. The third-order valence-electron chi connectivity index (χ3n) is 1.09. The number of hydrogen-bond acceptors (Lipinski definition) is 2. The second kappa shape index (κ2) is 6.16. The first kappa shape index (κ1) is 10.4. The third-order valence-corrected chi connectivity index (χ3v) is 1.09. The van der Waals surface area contributed by atoms with Gasteiger partial charge in [0.2, 0.25) is 0 Å². The number of carbonyl (C=O) groups is 1. The van der Waals surface area contributed by atoms with E-state index in [-0.39, 0.29) is 5.78 Å². The quantitative estimate of drug-likeness (QED) is 0.508. The molecule has 0 aliphatic heterocycles. The van der Waals surface area contributed by atoms with E-state index >= 15 is 0 Å². The van der Waals surface area contributed by atoms with E-state index in [9.17, 15) is 4.79 Å². The molecule has 0 aliphatic carbocycles. The van der Waals surface area contributed by atoms with Gasteiger partial charge in [0.05, 0.1) is 0 Å². The zero-order valence-electron chi connectivity index (χ0n) is 7.16. The number of ketones is 1. The molecule has 0 aliphatic rings. The molecule has 1 rings (SSSR count). The molecule has 0 saturated carbocycles. The Kier molecular flexibility index (Phi) is 5.35. The van der Waals surface area contributed by atoms with Crippen LogP contribution in [0.3, 0.4) is 0 Å². The highest BCUT2D eigenvalue weighted by atomic mass is 16.1. The van der Waals surface area contributed by atoms with Crippen molar-refractivity contribution in [2.24, 2.45) is 0 Å². The minimum atomic E-state index is 0.0185. The molecule has 0 saturated heterocycles. The summed E-state index contributed by atoms with van der Waals surface area (Å²) in [5.41, 5.74) is 6.18. The lowest BCUT2D eigenvalue weighted by Crippen LogP contribution is -1.79. The Morgan fingerprint density at radius 1 is 1.42 bits per heavy atom. The number of nitrogens with two attached hydrogens (primary N) is 1. The van der Waals surface area contributed by atoms with Crippen LogP contribution in [0.4, 0.5) is 5.69 Å². The fourth-order valence-corrected chi connectivity index (χ4v) is 0.453. The zero-order valence-corrected chi connectivity index (χ0v) is 7.16. The zero-order chi connectivity index (χ0) is 9.40. The van der Waals surface area contributed by atoms with Gasteiger partial charge in [-0.05, 0) is 25.1 Å². The van der Waals surface area contributed by atoms with Gasteiger partial charge in [0.1, 0.15) is 0 Å². The third kappa shape index (κ3) is 6.55. The summed E-state index contributed by atoms with van der Waals surface area (Å²) in [6, 6.07) is 9.49. The van der Waals surface area contributed by atoms with Gasteiger partial charge in [-0.15, -0.1) is 0 Å². The highest BCUT2D eigenvalue weighted by molar-refractivity contribution is 5.86. The molecule has 1 aromatic carbocycles. The lowest BCUT2D eigenvalue weighted by molar-refractivity contribution is -0.112. The maximum Gasteiger partial charge on any atom is 0.152 e. The lowest BCUT2D eigenvalue weighted by Gasteiger charge is -1.83. The van der Waals surface area contributed by atoms with E-state index < -0.39 is 0 Å². The van der Waals surface area contributed by atoms with Gasteiger partial charge in [0.15, 0.2) is 5.78 Å². The average molecular weight is 163 g/mol. The number of allylic oxidation sites excluding steroid dienone is 1. The van der Waals surface area contributed by atoms with Crippen LogP contribution < -0.4 is 5.73 Å². The number of para-hydroxylation sites is 1. The number of carbonyl (C=O) groups excluding carboxylic acids is 1. The molecule has 0 amide bonds. The molecule has 0 unspecified atom stereocenters. The van der Waals surface area contributed by atoms with E-state index in [0.29, 0.717) is 0 Å². The molecule has 0 bridgehead atoms. The summed E-state index contributed by atoms with van der Waals surface area (Å²) in [5, 5.41) is 0. The molecule has 12 heavy (non-hydrogen) atoms. The van der Waals surface area contributed by atoms with Crippen molar-refractivity contribution in [1.82, 2.24) is 0 Å². The van der Waals surface area contributed by atoms with Crippen LogP contribution in [0.15, 0.2) is 43.0 Å². The first-order valence-corrected chi connectivity index (χ1v) is 3.60. The fourth-order valence-electron chi connectivity index (χ4n) is 0.453. The molecular weight excluding hydrogens is 150 g/mol. The standard InChI is InChI=1S/C6H7N.C4H6O/c7-6-4-2-1-3-5-6;1-3-4(2)5/h1-5H,7H2;3H,1H2,2H3. The maximum atomic E-state index is 9.69. The van der Waals surface area contributed by atoms with Crippen LogP contribution in [0.1, 0.15) is 6.92 Å². The fraction of sp³-hybridized carbons (Fsp3) is 0.100. The lowest BCUT2D eigenvalue weighted by atomic mass is 10.3. The minimum Gasteiger partial charge on any atom is -0.399 e. The maximum absolute atomic E-state index is 9.69. The van der Waals surface area contributed by atoms with Crippen molar-refractivity contribution in [2.45, 2.75) is 6.92 Å². The van der Waals surface area contributed by atoms with E-state index in [1.165, 1.54) is 13.0 Å². The van der Waals surface area contributed by atoms with E-state index in [1.807, 2.05) is 30.3 Å². The van der Waals surface area contributed by atoms with Crippen LogP contribution in [-0.2, 0) is 4.79 Å². The monoisotopic (exact) mass is 163 g/mol. The van der Waals surface area contributed by atoms with Crippen LogP contribution in [0.25, 0.3) is 0 Å². The number of hydrogen-bond donors (Lipinski definition) is 1. The smallest absolute Gasteiger partial charge is 0.152 e. The molecule has 2 nitrogen and oxygen atoms in total. The SMILES string of the molecule is C=CC(C)=O.Nc1ccccc1. The van der Waals surface area contributed by atoms with Crippen molar-refractivity contribution in [3.05, 3.63) is 43.0 Å². The Labute approximate surface area is 72.7 Å². The van der Waals surface area contributed by atoms with Crippen molar-refractivity contribution in [2.75, 3.05) is 5.73 Å². The molecule has 0 heterocycles. The molecule has 0 fully saturated rings. The summed E-state index contributed by atoms with van der Waals surface area (Å²) in [5.74, 6) is 0.0185. The van der Waals surface area contributed by atoms with Gasteiger partial charge in [-0.1, -0.05) is 24.8 Å². The number of nitrogen functional groups attached to an aromatic ring is 1. The molecule has 0 aromatic heterocycles. The Balaban J connectivity index is 0.000000217. The molecule has 64 valence electrons. The largest absolute Gasteiger partial charge is 0.399 e. The number of anilines is 1. The second-order valence-corrected chi connectivity index (χ2v) is 2.23. The highest BCUT2D eigenvalue weighted by Crippen LogP contribution is 1.95. The summed E-state index contributed by atoms with van der Waals surface area (Å²) in [6.45, 7) is 4.68. The van der Waals surface area contributed by atoms with Crippen molar-refractivity contribution in [1.29, 1.82) is 0 Å². The molecule has 0 spiro atoms. The molecule has 0 radical (unpaired) electrons.